The molecule has 0 aromatic heterocycles. The van der Waals surface area contributed by atoms with Crippen LogP contribution in [0.5, 0.6) is 0 Å². The number of carbonyl (C=O) groups is 2. The first kappa shape index (κ1) is 13.2. The molecule has 17 heavy (non-hydrogen) atoms. The number of aromatic carboxylic acids is 1. The highest BCUT2D eigenvalue weighted by Crippen LogP contribution is 2.05. The second-order valence-corrected chi connectivity index (χ2v) is 3.60. The minimum Gasteiger partial charge on any atom is -0.478 e. The fourth-order valence-electron chi connectivity index (χ4n) is 1.36. The fraction of sp³-hybridized carbons (Fsp3) is 0.333. The molecule has 5 heteroatoms. The summed E-state index contributed by atoms with van der Waals surface area (Å²) in [6, 6.07) is 5.99. The molecule has 0 aliphatic heterocycles. The maximum atomic E-state index is 11.7. The smallest absolute Gasteiger partial charge is 0.335 e. The van der Waals surface area contributed by atoms with E-state index >= 15 is 0 Å². The second kappa shape index (κ2) is 6.65. The summed E-state index contributed by atoms with van der Waals surface area (Å²) in [6.07, 6.45) is 0.834. The van der Waals surface area contributed by atoms with Crippen LogP contribution in [0.15, 0.2) is 24.3 Å². The highest BCUT2D eigenvalue weighted by Gasteiger charge is 2.08. The van der Waals surface area contributed by atoms with E-state index < -0.39 is 5.97 Å². The molecule has 0 saturated heterocycles. The van der Waals surface area contributed by atoms with Gasteiger partial charge >= 0.3 is 5.97 Å². The van der Waals surface area contributed by atoms with Crippen molar-refractivity contribution in [3.63, 3.8) is 0 Å². The van der Waals surface area contributed by atoms with Crippen molar-refractivity contribution in [3.8, 4) is 0 Å². The van der Waals surface area contributed by atoms with E-state index in [-0.39, 0.29) is 11.5 Å². The van der Waals surface area contributed by atoms with Crippen LogP contribution in [0.2, 0.25) is 0 Å². The summed E-state index contributed by atoms with van der Waals surface area (Å²) in [7, 11) is 1.85. The normalized spacial score (nSPS) is 9.94. The van der Waals surface area contributed by atoms with Crippen LogP contribution in [-0.4, -0.2) is 37.1 Å². The summed E-state index contributed by atoms with van der Waals surface area (Å²) in [5.74, 6) is -1.28. The van der Waals surface area contributed by atoms with Gasteiger partial charge in [0, 0.05) is 12.1 Å². The molecule has 0 aliphatic rings. The third-order valence-corrected chi connectivity index (χ3v) is 2.26. The summed E-state index contributed by atoms with van der Waals surface area (Å²) in [4.78, 5) is 22.4. The van der Waals surface area contributed by atoms with Gasteiger partial charge in [0.25, 0.3) is 5.91 Å². The molecule has 1 aromatic carbocycles. The second-order valence-electron chi connectivity index (χ2n) is 3.60. The molecule has 0 spiro atoms. The van der Waals surface area contributed by atoms with Gasteiger partial charge < -0.3 is 15.7 Å². The van der Waals surface area contributed by atoms with Crippen molar-refractivity contribution in [2.24, 2.45) is 0 Å². The van der Waals surface area contributed by atoms with Gasteiger partial charge in [-0.25, -0.2) is 4.79 Å². The third-order valence-electron chi connectivity index (χ3n) is 2.26. The summed E-state index contributed by atoms with van der Waals surface area (Å²) in [5.41, 5.74) is 0.488. The number of hydrogen-bond donors (Lipinski definition) is 3. The molecule has 0 aliphatic carbocycles. The summed E-state index contributed by atoms with van der Waals surface area (Å²) < 4.78 is 0. The van der Waals surface area contributed by atoms with Crippen molar-refractivity contribution in [1.29, 1.82) is 0 Å². The zero-order valence-corrected chi connectivity index (χ0v) is 9.69. The molecule has 1 rings (SSSR count). The first-order valence-electron chi connectivity index (χ1n) is 5.41. The van der Waals surface area contributed by atoms with Crippen LogP contribution in [0.25, 0.3) is 0 Å². The molecule has 92 valence electrons. The first-order valence-corrected chi connectivity index (χ1v) is 5.41. The molecule has 0 unspecified atom stereocenters. The lowest BCUT2D eigenvalue weighted by molar-refractivity contribution is 0.0697. The molecule has 0 radical (unpaired) electrons. The van der Waals surface area contributed by atoms with Crippen LogP contribution in [0, 0.1) is 0 Å². The number of amides is 1. The molecule has 0 bridgehead atoms. The van der Waals surface area contributed by atoms with Crippen molar-refractivity contribution >= 4 is 11.9 Å². The van der Waals surface area contributed by atoms with Gasteiger partial charge in [0.2, 0.25) is 0 Å². The fourth-order valence-corrected chi connectivity index (χ4v) is 1.36. The molecule has 1 aromatic rings. The van der Waals surface area contributed by atoms with Gasteiger partial charge in [-0.05, 0) is 38.2 Å². The van der Waals surface area contributed by atoms with E-state index in [1.54, 1.807) is 12.1 Å². The number of hydrogen-bond acceptors (Lipinski definition) is 3. The Kier molecular flexibility index (Phi) is 5.16. The Morgan fingerprint density at radius 3 is 2.59 bits per heavy atom. The summed E-state index contributed by atoms with van der Waals surface area (Å²) in [6.45, 7) is 1.40. The van der Waals surface area contributed by atoms with Crippen molar-refractivity contribution < 1.29 is 14.7 Å². The van der Waals surface area contributed by atoms with Gasteiger partial charge in [-0.2, -0.15) is 0 Å². The molecular formula is C12H16N2O3. The Balaban J connectivity index is 2.56. The van der Waals surface area contributed by atoms with E-state index in [1.165, 1.54) is 12.1 Å². The van der Waals surface area contributed by atoms with Crippen molar-refractivity contribution in [3.05, 3.63) is 35.4 Å². The lowest BCUT2D eigenvalue weighted by Crippen LogP contribution is -2.26. The van der Waals surface area contributed by atoms with E-state index in [9.17, 15) is 9.59 Å². The summed E-state index contributed by atoms with van der Waals surface area (Å²) in [5, 5.41) is 14.5. The molecule has 0 saturated carbocycles. The van der Waals surface area contributed by atoms with Gasteiger partial charge in [-0.3, -0.25) is 4.79 Å². The quantitative estimate of drug-likeness (QED) is 0.636. The van der Waals surface area contributed by atoms with E-state index in [2.05, 4.69) is 10.6 Å². The molecular weight excluding hydrogens is 220 g/mol. The number of rotatable bonds is 6. The molecule has 0 heterocycles. The van der Waals surface area contributed by atoms with Crippen LogP contribution in [0.4, 0.5) is 0 Å². The molecule has 3 N–H and O–H groups in total. The Hall–Kier alpha value is -1.88. The Morgan fingerprint density at radius 2 is 1.94 bits per heavy atom. The van der Waals surface area contributed by atoms with E-state index in [0.717, 1.165) is 13.0 Å². The highest BCUT2D eigenvalue weighted by atomic mass is 16.4. The number of carboxylic acids is 1. The lowest BCUT2D eigenvalue weighted by atomic mass is 10.1. The molecule has 1 amide bonds. The van der Waals surface area contributed by atoms with Gasteiger partial charge in [-0.15, -0.1) is 0 Å². The minimum absolute atomic E-state index is 0.118. The van der Waals surface area contributed by atoms with Gasteiger partial charge in [0.15, 0.2) is 0 Å². The number of carboxylic acid groups (broad SMARTS) is 1. The predicted molar refractivity (Wildman–Crippen MR) is 64.3 cm³/mol. The Morgan fingerprint density at radius 1 is 1.24 bits per heavy atom. The monoisotopic (exact) mass is 236 g/mol. The minimum atomic E-state index is -1.03. The topological polar surface area (TPSA) is 78.4 Å². The summed E-state index contributed by atoms with van der Waals surface area (Å²) >= 11 is 0. The van der Waals surface area contributed by atoms with E-state index in [1.807, 2.05) is 7.05 Å². The predicted octanol–water partition coefficient (Wildman–Crippen LogP) is 0.724. The molecule has 5 nitrogen and oxygen atoms in total. The van der Waals surface area contributed by atoms with Crippen molar-refractivity contribution in [1.82, 2.24) is 10.6 Å². The van der Waals surface area contributed by atoms with Gasteiger partial charge in [0.05, 0.1) is 5.56 Å². The van der Waals surface area contributed by atoms with Gasteiger partial charge in [0.1, 0.15) is 0 Å². The standard InChI is InChI=1S/C12H16N2O3/c1-13-6-3-7-14-11(15)9-4-2-5-10(8-9)12(16)17/h2,4-5,8,13H,3,6-7H2,1H3,(H,14,15)(H,16,17). The van der Waals surface area contributed by atoms with Crippen molar-refractivity contribution in [2.75, 3.05) is 20.1 Å². The Labute approximate surface area is 99.8 Å². The number of carbonyl (C=O) groups excluding carboxylic acids is 1. The highest BCUT2D eigenvalue weighted by molar-refractivity contribution is 5.97. The number of nitrogens with one attached hydrogen (secondary N) is 2. The van der Waals surface area contributed by atoms with E-state index in [0.29, 0.717) is 12.1 Å². The largest absolute Gasteiger partial charge is 0.478 e. The van der Waals surface area contributed by atoms with Crippen LogP contribution < -0.4 is 10.6 Å². The van der Waals surface area contributed by atoms with Crippen LogP contribution in [0.1, 0.15) is 27.1 Å². The lowest BCUT2D eigenvalue weighted by Gasteiger charge is -2.05. The maximum Gasteiger partial charge on any atom is 0.335 e. The van der Waals surface area contributed by atoms with Gasteiger partial charge in [-0.1, -0.05) is 6.07 Å². The van der Waals surface area contributed by atoms with Crippen LogP contribution in [0.3, 0.4) is 0 Å². The molecule has 0 fully saturated rings. The maximum absolute atomic E-state index is 11.7. The molecule has 0 atom stereocenters. The first-order chi connectivity index (χ1) is 8.15. The van der Waals surface area contributed by atoms with Crippen LogP contribution >= 0.6 is 0 Å². The zero-order valence-electron chi connectivity index (χ0n) is 9.69. The van der Waals surface area contributed by atoms with Crippen LogP contribution in [-0.2, 0) is 0 Å². The van der Waals surface area contributed by atoms with E-state index in [4.69, 9.17) is 5.11 Å². The average Bonchev–Trinajstić information content (AvgIpc) is 2.34. The zero-order chi connectivity index (χ0) is 12.7. The number of benzene rings is 1. The average molecular weight is 236 g/mol. The Bertz CT molecular complexity index is 404. The SMILES string of the molecule is CNCCCNC(=O)c1cccc(C(=O)O)c1. The third kappa shape index (κ3) is 4.24. The van der Waals surface area contributed by atoms with Crippen molar-refractivity contribution in [2.45, 2.75) is 6.42 Å².